The van der Waals surface area contributed by atoms with Gasteiger partial charge in [-0.1, -0.05) is 19.8 Å². The molecule has 0 aliphatic heterocycles. The minimum atomic E-state index is 0.0938. The van der Waals surface area contributed by atoms with E-state index in [0.29, 0.717) is 0 Å². The second-order valence-electron chi connectivity index (χ2n) is 3.74. The Balaban J connectivity index is 0. The summed E-state index contributed by atoms with van der Waals surface area (Å²) in [4.78, 5) is 0. The number of quaternary nitrogens is 1. The summed E-state index contributed by atoms with van der Waals surface area (Å²) in [6, 6.07) is 0. The number of hydrogen-bond donors (Lipinski definition) is 0. The van der Waals surface area contributed by atoms with Crippen LogP contribution in [-0.4, -0.2) is 39.3 Å². The zero-order valence-corrected chi connectivity index (χ0v) is 7.98. The van der Waals surface area contributed by atoms with Gasteiger partial charge in [0.2, 0.25) is 0 Å². The third kappa shape index (κ3) is 103. The number of nitrogens with zero attached hydrogens (tertiary/aromatic N) is 1. The summed E-state index contributed by atoms with van der Waals surface area (Å²) in [5.41, 5.74) is 0. The molecule has 2 nitrogen and oxygen atoms in total. The molecule has 0 heterocycles. The van der Waals surface area contributed by atoms with E-state index in [0.717, 1.165) is 17.3 Å². The molecular weight excluding hydrogens is 126 g/mol. The van der Waals surface area contributed by atoms with Crippen molar-refractivity contribution in [2.45, 2.75) is 19.8 Å². The molecule has 0 fully saturated rings. The summed E-state index contributed by atoms with van der Waals surface area (Å²) < 4.78 is 1.00. The highest BCUT2D eigenvalue weighted by atomic mass is 16.2. The lowest BCUT2D eigenvalue weighted by Gasteiger charge is -2.14. The lowest BCUT2D eigenvalue weighted by atomic mass is 10.4. The second-order valence-corrected chi connectivity index (χ2v) is 3.74. The molecule has 64 valence electrons. The van der Waals surface area contributed by atoms with Gasteiger partial charge in [-0.05, 0) is 0 Å². The third-order valence-corrected chi connectivity index (χ3v) is 0.498. The van der Waals surface area contributed by atoms with E-state index < -0.39 is 0 Å². The van der Waals surface area contributed by atoms with Crippen LogP contribution in [0.4, 0.5) is 0 Å². The van der Waals surface area contributed by atoms with Crippen LogP contribution in [0.3, 0.4) is 0 Å². The molecule has 0 rings (SSSR count). The van der Waals surface area contributed by atoms with Crippen LogP contribution in [0, 0.1) is 0 Å². The normalized spacial score (nSPS) is 10.2. The van der Waals surface area contributed by atoms with Gasteiger partial charge in [-0.3, -0.25) is 0 Å². The van der Waals surface area contributed by atoms with Crippen molar-refractivity contribution in [1.82, 2.24) is 0 Å². The lowest BCUT2D eigenvalue weighted by Crippen LogP contribution is -2.27. The summed E-state index contributed by atoms with van der Waals surface area (Å²) in [6.07, 6.45) is 1.86. The molecule has 0 atom stereocenters. The minimum Gasteiger partial charge on any atom is -0.854 e. The van der Waals surface area contributed by atoms with Crippen LogP contribution in [0.15, 0.2) is 0 Å². The first-order chi connectivity index (χ1) is 4.41. The van der Waals surface area contributed by atoms with Crippen LogP contribution in [0.1, 0.15) is 19.8 Å². The Hall–Kier alpha value is -0.0800. The molecular formula is C8H21NO. The molecule has 0 N–H and O–H groups in total. The number of unbranched alkanes of at least 4 members (excludes halogenated alkanes) is 1. The van der Waals surface area contributed by atoms with E-state index in [9.17, 15) is 5.11 Å². The van der Waals surface area contributed by atoms with Gasteiger partial charge in [0.1, 0.15) is 0 Å². The predicted octanol–water partition coefficient (Wildman–Crippen LogP) is 0.469. The van der Waals surface area contributed by atoms with Crippen LogP contribution in [0.2, 0.25) is 0 Å². The van der Waals surface area contributed by atoms with E-state index in [4.69, 9.17) is 0 Å². The van der Waals surface area contributed by atoms with Crippen molar-refractivity contribution in [3.8, 4) is 0 Å². The highest BCUT2D eigenvalue weighted by Gasteiger charge is 1.88. The van der Waals surface area contributed by atoms with Crippen LogP contribution in [0.25, 0.3) is 0 Å². The summed E-state index contributed by atoms with van der Waals surface area (Å²) >= 11 is 0. The van der Waals surface area contributed by atoms with Crippen molar-refractivity contribution in [2.75, 3.05) is 34.8 Å². The van der Waals surface area contributed by atoms with Crippen molar-refractivity contribution in [2.24, 2.45) is 0 Å². The van der Waals surface area contributed by atoms with Crippen LogP contribution >= 0.6 is 0 Å². The Morgan fingerprint density at radius 3 is 1.40 bits per heavy atom. The molecule has 0 aromatic carbocycles. The zero-order valence-electron chi connectivity index (χ0n) is 7.98. The van der Waals surface area contributed by atoms with E-state index in [-0.39, 0.29) is 6.61 Å². The van der Waals surface area contributed by atoms with Crippen LogP contribution < -0.4 is 5.11 Å². The van der Waals surface area contributed by atoms with Crippen molar-refractivity contribution < 1.29 is 9.59 Å². The van der Waals surface area contributed by atoms with E-state index in [1.54, 1.807) is 0 Å². The van der Waals surface area contributed by atoms with Crippen molar-refractivity contribution in [3.63, 3.8) is 0 Å². The highest BCUT2D eigenvalue weighted by Crippen LogP contribution is 1.76. The number of hydrogen-bond acceptors (Lipinski definition) is 1. The second kappa shape index (κ2) is 7.03. The summed E-state index contributed by atoms with van der Waals surface area (Å²) in [5, 5.41) is 9.53. The van der Waals surface area contributed by atoms with Crippen molar-refractivity contribution >= 4 is 0 Å². The Kier molecular flexibility index (Phi) is 8.85. The fourth-order valence-corrected chi connectivity index (χ4v) is 0.144. The third-order valence-electron chi connectivity index (χ3n) is 0.498. The smallest absolute Gasteiger partial charge is 0.0675 e. The van der Waals surface area contributed by atoms with Crippen molar-refractivity contribution in [1.29, 1.82) is 0 Å². The molecule has 0 saturated carbocycles. The molecule has 0 spiro atoms. The average molecular weight is 147 g/mol. The Bertz CT molecular complexity index is 48.8. The standard InChI is InChI=1S/C4H12N.C4H9O/c1-5(2,3)4;1-2-3-4-5/h1-4H3;2-4H2,1H3/q+1;-1. The first kappa shape index (κ1) is 12.6. The zero-order chi connectivity index (χ0) is 8.62. The molecule has 0 radical (unpaired) electrons. The molecule has 0 bridgehead atoms. The Labute approximate surface area is 65.1 Å². The Morgan fingerprint density at radius 2 is 1.40 bits per heavy atom. The first-order valence-electron chi connectivity index (χ1n) is 3.78. The lowest BCUT2D eigenvalue weighted by molar-refractivity contribution is -0.849. The fourth-order valence-electron chi connectivity index (χ4n) is 0.144. The van der Waals surface area contributed by atoms with Gasteiger partial charge >= 0.3 is 0 Å². The predicted molar refractivity (Wildman–Crippen MR) is 43.7 cm³/mol. The van der Waals surface area contributed by atoms with Gasteiger partial charge in [-0.15, -0.1) is 6.61 Å². The van der Waals surface area contributed by atoms with E-state index in [1.165, 1.54) is 0 Å². The van der Waals surface area contributed by atoms with Gasteiger partial charge in [0.15, 0.2) is 0 Å². The van der Waals surface area contributed by atoms with Gasteiger partial charge in [-0.2, -0.15) is 0 Å². The largest absolute Gasteiger partial charge is 0.854 e. The SMILES string of the molecule is CCCC[O-].C[N+](C)(C)C. The molecule has 0 unspecified atom stereocenters. The fraction of sp³-hybridized carbons (Fsp3) is 1.00. The van der Waals surface area contributed by atoms with Crippen molar-refractivity contribution in [3.05, 3.63) is 0 Å². The topological polar surface area (TPSA) is 23.1 Å². The van der Waals surface area contributed by atoms with E-state index >= 15 is 0 Å². The van der Waals surface area contributed by atoms with Gasteiger partial charge in [0.05, 0.1) is 28.2 Å². The maximum atomic E-state index is 9.53. The Morgan fingerprint density at radius 1 is 1.10 bits per heavy atom. The van der Waals surface area contributed by atoms with Gasteiger partial charge in [-0.25, -0.2) is 0 Å². The number of rotatable bonds is 2. The minimum absolute atomic E-state index is 0.0938. The summed E-state index contributed by atoms with van der Waals surface area (Å²) in [5.74, 6) is 0. The quantitative estimate of drug-likeness (QED) is 0.521. The molecule has 0 aromatic rings. The summed E-state index contributed by atoms with van der Waals surface area (Å²) in [6.45, 7) is 2.11. The van der Waals surface area contributed by atoms with Gasteiger partial charge in [0.25, 0.3) is 0 Å². The molecule has 0 aromatic heterocycles. The maximum absolute atomic E-state index is 9.53. The van der Waals surface area contributed by atoms with Gasteiger partial charge < -0.3 is 9.59 Å². The van der Waals surface area contributed by atoms with E-state index in [2.05, 4.69) is 28.2 Å². The summed E-state index contributed by atoms with van der Waals surface area (Å²) in [7, 11) is 8.50. The van der Waals surface area contributed by atoms with Crippen LogP contribution in [0.5, 0.6) is 0 Å². The highest BCUT2D eigenvalue weighted by molar-refractivity contribution is 4.21. The van der Waals surface area contributed by atoms with E-state index in [1.807, 2.05) is 6.92 Å². The molecule has 0 amide bonds. The molecule has 2 heteroatoms. The molecule has 10 heavy (non-hydrogen) atoms. The maximum Gasteiger partial charge on any atom is 0.0675 e. The molecule has 0 saturated heterocycles. The monoisotopic (exact) mass is 147 g/mol. The van der Waals surface area contributed by atoms with Gasteiger partial charge in [0, 0.05) is 0 Å². The first-order valence-corrected chi connectivity index (χ1v) is 3.78. The molecule has 0 aliphatic rings. The van der Waals surface area contributed by atoms with Crippen LogP contribution in [-0.2, 0) is 0 Å². The average Bonchev–Trinajstić information content (AvgIpc) is 1.63. The molecule has 0 aliphatic carbocycles.